The van der Waals surface area contributed by atoms with E-state index >= 15 is 0 Å². The predicted molar refractivity (Wildman–Crippen MR) is 38.9 cm³/mol. The zero-order valence-electron chi connectivity index (χ0n) is 6.79. The highest BCUT2D eigenvalue weighted by Gasteiger charge is 2.35. The average Bonchev–Trinajstić information content (AvgIpc) is 2.18. The molecule has 0 aromatic carbocycles. The van der Waals surface area contributed by atoms with Crippen LogP contribution in [0, 0.1) is 11.8 Å². The molecule has 1 unspecified atom stereocenters. The van der Waals surface area contributed by atoms with Crippen LogP contribution in [0.4, 0.5) is 0 Å². The van der Waals surface area contributed by atoms with Gasteiger partial charge in [0.05, 0.1) is 0 Å². The van der Waals surface area contributed by atoms with Gasteiger partial charge in [0.1, 0.15) is 5.92 Å². The van der Waals surface area contributed by atoms with Crippen LogP contribution in [0.1, 0.15) is 20.3 Å². The maximum Gasteiger partial charge on any atom is 0.317 e. The maximum atomic E-state index is 11.0. The van der Waals surface area contributed by atoms with Crippen molar-refractivity contribution in [3.05, 3.63) is 0 Å². The van der Waals surface area contributed by atoms with Crippen LogP contribution >= 0.6 is 0 Å². The molecule has 1 rings (SSSR count). The molecule has 62 valence electrons. The Kier molecular flexibility index (Phi) is 2.27. The van der Waals surface area contributed by atoms with Gasteiger partial charge in [0.25, 0.3) is 0 Å². The largest absolute Gasteiger partial charge is 0.457 e. The SMILES string of the molecule is CC(C)CC1C(=O)COC1=O. The molecule has 0 radical (unpaired) electrons. The molecule has 1 saturated heterocycles. The number of carbonyl (C=O) groups excluding carboxylic acids is 2. The monoisotopic (exact) mass is 156 g/mol. The van der Waals surface area contributed by atoms with E-state index in [0.29, 0.717) is 12.3 Å². The summed E-state index contributed by atoms with van der Waals surface area (Å²) in [5, 5.41) is 0. The number of cyclic esters (lactones) is 1. The first-order valence-electron chi connectivity index (χ1n) is 3.80. The normalized spacial score (nSPS) is 24.5. The molecule has 0 aliphatic carbocycles. The van der Waals surface area contributed by atoms with Crippen molar-refractivity contribution in [2.75, 3.05) is 6.61 Å². The van der Waals surface area contributed by atoms with Gasteiger partial charge in [0.2, 0.25) is 0 Å². The van der Waals surface area contributed by atoms with Gasteiger partial charge in [0, 0.05) is 0 Å². The van der Waals surface area contributed by atoms with Gasteiger partial charge in [-0.05, 0) is 12.3 Å². The lowest BCUT2D eigenvalue weighted by Gasteiger charge is -2.05. The van der Waals surface area contributed by atoms with Crippen LogP contribution in [0.15, 0.2) is 0 Å². The summed E-state index contributed by atoms with van der Waals surface area (Å²) in [4.78, 5) is 21.9. The average molecular weight is 156 g/mol. The van der Waals surface area contributed by atoms with E-state index in [4.69, 9.17) is 0 Å². The lowest BCUT2D eigenvalue weighted by Crippen LogP contribution is -2.17. The zero-order valence-corrected chi connectivity index (χ0v) is 6.79. The van der Waals surface area contributed by atoms with Crippen molar-refractivity contribution in [2.45, 2.75) is 20.3 Å². The maximum absolute atomic E-state index is 11.0. The number of ketones is 1. The smallest absolute Gasteiger partial charge is 0.317 e. The standard InChI is InChI=1S/C8H12O3/c1-5(2)3-6-7(9)4-11-8(6)10/h5-6H,3-4H2,1-2H3. The number of hydrogen-bond acceptors (Lipinski definition) is 3. The quantitative estimate of drug-likeness (QED) is 0.438. The molecule has 0 saturated carbocycles. The van der Waals surface area contributed by atoms with Crippen LogP contribution in [0.5, 0.6) is 0 Å². The molecule has 1 aliphatic rings. The summed E-state index contributed by atoms with van der Waals surface area (Å²) >= 11 is 0. The van der Waals surface area contributed by atoms with E-state index in [1.807, 2.05) is 13.8 Å². The Hall–Kier alpha value is -0.860. The molecule has 1 aliphatic heterocycles. The molecule has 0 N–H and O–H groups in total. The van der Waals surface area contributed by atoms with Crippen molar-refractivity contribution < 1.29 is 14.3 Å². The van der Waals surface area contributed by atoms with Crippen LogP contribution in [0.3, 0.4) is 0 Å². The number of rotatable bonds is 2. The van der Waals surface area contributed by atoms with Gasteiger partial charge >= 0.3 is 5.97 Å². The van der Waals surface area contributed by atoms with Gasteiger partial charge in [0.15, 0.2) is 12.4 Å². The second kappa shape index (κ2) is 3.03. The third-order valence-electron chi connectivity index (χ3n) is 1.74. The molecule has 1 fully saturated rings. The van der Waals surface area contributed by atoms with E-state index in [1.54, 1.807) is 0 Å². The van der Waals surface area contributed by atoms with Crippen LogP contribution in [0.25, 0.3) is 0 Å². The topological polar surface area (TPSA) is 43.4 Å². The molecule has 0 bridgehead atoms. The molecule has 3 heteroatoms. The fourth-order valence-corrected chi connectivity index (χ4v) is 1.17. The fourth-order valence-electron chi connectivity index (χ4n) is 1.17. The first kappa shape index (κ1) is 8.24. The Morgan fingerprint density at radius 3 is 2.55 bits per heavy atom. The number of hydrogen-bond donors (Lipinski definition) is 0. The van der Waals surface area contributed by atoms with Crippen molar-refractivity contribution >= 4 is 11.8 Å². The Labute approximate surface area is 65.7 Å². The lowest BCUT2D eigenvalue weighted by molar-refractivity contribution is -0.141. The second-order valence-corrected chi connectivity index (χ2v) is 3.26. The van der Waals surface area contributed by atoms with E-state index in [1.165, 1.54) is 0 Å². The summed E-state index contributed by atoms with van der Waals surface area (Å²) < 4.78 is 4.59. The number of ether oxygens (including phenoxy) is 1. The molecular weight excluding hydrogens is 144 g/mol. The van der Waals surface area contributed by atoms with Crippen molar-refractivity contribution in [1.82, 2.24) is 0 Å². The minimum atomic E-state index is -0.477. The Morgan fingerprint density at radius 1 is 1.55 bits per heavy atom. The fraction of sp³-hybridized carbons (Fsp3) is 0.750. The van der Waals surface area contributed by atoms with Gasteiger partial charge in [-0.1, -0.05) is 13.8 Å². The molecule has 0 aromatic heterocycles. The predicted octanol–water partition coefficient (Wildman–Crippen LogP) is 0.775. The summed E-state index contributed by atoms with van der Waals surface area (Å²) in [6, 6.07) is 0. The number of esters is 1. The molecule has 0 spiro atoms. The molecule has 0 amide bonds. The molecule has 1 atom stereocenters. The minimum absolute atomic E-state index is 0.0176. The first-order chi connectivity index (χ1) is 5.11. The van der Waals surface area contributed by atoms with Crippen LogP contribution in [0.2, 0.25) is 0 Å². The minimum Gasteiger partial charge on any atom is -0.457 e. The van der Waals surface area contributed by atoms with E-state index in [2.05, 4.69) is 4.74 Å². The molecule has 1 heterocycles. The summed E-state index contributed by atoms with van der Waals surface area (Å²) in [6.45, 7) is 3.95. The zero-order chi connectivity index (χ0) is 8.43. The highest BCUT2D eigenvalue weighted by atomic mass is 16.5. The van der Waals surface area contributed by atoms with Gasteiger partial charge in [-0.25, -0.2) is 0 Å². The molecule has 3 nitrogen and oxygen atoms in total. The van der Waals surface area contributed by atoms with Crippen LogP contribution in [-0.4, -0.2) is 18.4 Å². The van der Waals surface area contributed by atoms with Crippen LogP contribution < -0.4 is 0 Å². The van der Waals surface area contributed by atoms with Crippen molar-refractivity contribution in [2.24, 2.45) is 11.8 Å². The van der Waals surface area contributed by atoms with E-state index in [0.717, 1.165) is 0 Å². The molecular formula is C8H12O3. The van der Waals surface area contributed by atoms with Gasteiger partial charge in [-0.3, -0.25) is 9.59 Å². The Balaban J connectivity index is 2.55. The van der Waals surface area contributed by atoms with Crippen molar-refractivity contribution in [1.29, 1.82) is 0 Å². The first-order valence-corrected chi connectivity index (χ1v) is 3.80. The second-order valence-electron chi connectivity index (χ2n) is 3.26. The molecule has 0 aromatic rings. The lowest BCUT2D eigenvalue weighted by atomic mass is 9.95. The molecule has 11 heavy (non-hydrogen) atoms. The third-order valence-corrected chi connectivity index (χ3v) is 1.74. The summed E-state index contributed by atoms with van der Waals surface area (Å²) in [6.07, 6.45) is 0.623. The van der Waals surface area contributed by atoms with E-state index in [-0.39, 0.29) is 18.4 Å². The highest BCUT2D eigenvalue weighted by Crippen LogP contribution is 2.19. The Morgan fingerprint density at radius 2 is 2.18 bits per heavy atom. The van der Waals surface area contributed by atoms with Crippen molar-refractivity contribution in [3.63, 3.8) is 0 Å². The van der Waals surface area contributed by atoms with Crippen molar-refractivity contribution in [3.8, 4) is 0 Å². The number of carbonyl (C=O) groups is 2. The van der Waals surface area contributed by atoms with Gasteiger partial charge < -0.3 is 4.74 Å². The third kappa shape index (κ3) is 1.79. The van der Waals surface area contributed by atoms with Gasteiger partial charge in [-0.15, -0.1) is 0 Å². The van der Waals surface area contributed by atoms with Crippen LogP contribution in [-0.2, 0) is 14.3 Å². The van der Waals surface area contributed by atoms with E-state index in [9.17, 15) is 9.59 Å². The Bertz CT molecular complexity index is 168. The summed E-state index contributed by atoms with van der Waals surface area (Å²) in [7, 11) is 0. The van der Waals surface area contributed by atoms with E-state index < -0.39 is 5.92 Å². The summed E-state index contributed by atoms with van der Waals surface area (Å²) in [5.41, 5.74) is 0. The summed E-state index contributed by atoms with van der Waals surface area (Å²) in [5.74, 6) is -0.517. The highest BCUT2D eigenvalue weighted by molar-refractivity contribution is 6.04. The van der Waals surface area contributed by atoms with Gasteiger partial charge in [-0.2, -0.15) is 0 Å². The number of Topliss-reactive ketones (excluding diaryl/α,β-unsaturated/α-hetero) is 1.